The second-order valence-corrected chi connectivity index (χ2v) is 5.59. The van der Waals surface area contributed by atoms with E-state index in [4.69, 9.17) is 5.11 Å². The Morgan fingerprint density at radius 1 is 1.38 bits per heavy atom. The van der Waals surface area contributed by atoms with Crippen molar-refractivity contribution in [3.8, 4) is 0 Å². The molecule has 3 nitrogen and oxygen atoms in total. The second kappa shape index (κ2) is 5.60. The zero-order valence-corrected chi connectivity index (χ0v) is 12.1. The van der Waals surface area contributed by atoms with Crippen molar-refractivity contribution in [1.82, 2.24) is 4.57 Å². The van der Waals surface area contributed by atoms with Crippen molar-refractivity contribution < 1.29 is 9.90 Å². The van der Waals surface area contributed by atoms with Crippen LogP contribution in [-0.2, 0) is 4.79 Å². The average molecular weight is 281 g/mol. The van der Waals surface area contributed by atoms with Crippen LogP contribution in [-0.4, -0.2) is 15.6 Å². The lowest BCUT2D eigenvalue weighted by Crippen LogP contribution is -2.07. The summed E-state index contributed by atoms with van der Waals surface area (Å²) in [5.74, 6) is -0.905. The summed E-state index contributed by atoms with van der Waals surface area (Å²) in [4.78, 5) is 10.8. The number of nitrogens with zero attached hydrogens (tertiary/aromatic N) is 1. The highest BCUT2D eigenvalue weighted by molar-refractivity contribution is 5.91. The number of benzene rings is 1. The summed E-state index contributed by atoms with van der Waals surface area (Å²) in [7, 11) is 0. The molecule has 3 rings (SSSR count). The molecule has 1 aromatic heterocycles. The maximum Gasteiger partial charge on any atom is 0.328 e. The Morgan fingerprint density at radius 2 is 2.24 bits per heavy atom. The molecule has 1 aliphatic rings. The van der Waals surface area contributed by atoms with Crippen LogP contribution in [0.2, 0.25) is 0 Å². The first-order valence-corrected chi connectivity index (χ1v) is 7.34. The summed E-state index contributed by atoms with van der Waals surface area (Å²) in [6, 6.07) is 8.70. The maximum atomic E-state index is 10.8. The van der Waals surface area contributed by atoms with Gasteiger partial charge in [0.2, 0.25) is 0 Å². The van der Waals surface area contributed by atoms with Crippen molar-refractivity contribution in [2.75, 3.05) is 0 Å². The van der Waals surface area contributed by atoms with Gasteiger partial charge in [0.15, 0.2) is 0 Å². The van der Waals surface area contributed by atoms with E-state index in [1.807, 2.05) is 13.0 Å². The summed E-state index contributed by atoms with van der Waals surface area (Å²) in [5.41, 5.74) is 2.94. The lowest BCUT2D eigenvalue weighted by molar-refractivity contribution is -0.131. The van der Waals surface area contributed by atoms with Gasteiger partial charge >= 0.3 is 5.97 Å². The molecule has 1 N–H and O–H groups in total. The molecule has 0 fully saturated rings. The number of allylic oxidation sites excluding steroid dienone is 3. The molecule has 0 radical (unpaired) electrons. The fraction of sp³-hybridized carbons (Fsp3) is 0.278. The fourth-order valence-corrected chi connectivity index (χ4v) is 2.99. The van der Waals surface area contributed by atoms with Crippen molar-refractivity contribution in [2.24, 2.45) is 0 Å². The van der Waals surface area contributed by atoms with Crippen molar-refractivity contribution in [3.63, 3.8) is 0 Å². The zero-order chi connectivity index (χ0) is 14.8. The first-order valence-electron chi connectivity index (χ1n) is 7.34. The Morgan fingerprint density at radius 3 is 2.95 bits per heavy atom. The van der Waals surface area contributed by atoms with Crippen LogP contribution in [0.15, 0.2) is 48.7 Å². The Balaban J connectivity index is 1.99. The van der Waals surface area contributed by atoms with Crippen LogP contribution in [0.4, 0.5) is 0 Å². The number of aliphatic carboxylic acids is 1. The quantitative estimate of drug-likeness (QED) is 0.669. The Kier molecular flexibility index (Phi) is 3.65. The predicted octanol–water partition coefficient (Wildman–Crippen LogP) is 4.41. The van der Waals surface area contributed by atoms with Crippen LogP contribution in [0, 0.1) is 0 Å². The number of hydrogen-bond acceptors (Lipinski definition) is 1. The molecule has 21 heavy (non-hydrogen) atoms. The number of carbonyl (C=O) groups is 1. The molecule has 1 aromatic carbocycles. The first kappa shape index (κ1) is 13.7. The molecular weight excluding hydrogens is 262 g/mol. The van der Waals surface area contributed by atoms with E-state index in [1.165, 1.54) is 30.9 Å². The smallest absolute Gasteiger partial charge is 0.328 e. The van der Waals surface area contributed by atoms with E-state index in [0.29, 0.717) is 6.04 Å². The van der Waals surface area contributed by atoms with Crippen LogP contribution in [0.25, 0.3) is 16.5 Å². The molecule has 0 saturated heterocycles. The summed E-state index contributed by atoms with van der Waals surface area (Å²) in [6.45, 7) is 1.83. The van der Waals surface area contributed by atoms with Gasteiger partial charge in [-0.3, -0.25) is 0 Å². The molecule has 1 heterocycles. The zero-order valence-electron chi connectivity index (χ0n) is 12.1. The van der Waals surface area contributed by atoms with Gasteiger partial charge in [-0.2, -0.15) is 0 Å². The minimum Gasteiger partial charge on any atom is -0.478 e. The number of hydrogen-bond donors (Lipinski definition) is 1. The SMILES string of the molecule is C/C(=C\C(=O)O)c1ccc2c(ccn2C2C=CCCC2)c1. The highest BCUT2D eigenvalue weighted by atomic mass is 16.4. The molecule has 3 heteroatoms. The first-order chi connectivity index (χ1) is 10.1. The molecule has 1 aliphatic carbocycles. The Bertz CT molecular complexity index is 737. The summed E-state index contributed by atoms with van der Waals surface area (Å²) in [5, 5.41) is 10.0. The molecule has 1 atom stereocenters. The van der Waals surface area contributed by atoms with Gasteiger partial charge < -0.3 is 9.67 Å². The van der Waals surface area contributed by atoms with E-state index in [-0.39, 0.29) is 0 Å². The predicted molar refractivity (Wildman–Crippen MR) is 85.3 cm³/mol. The normalized spacial score (nSPS) is 19.1. The van der Waals surface area contributed by atoms with E-state index >= 15 is 0 Å². The molecule has 2 aromatic rings. The van der Waals surface area contributed by atoms with Gasteiger partial charge in [0, 0.05) is 23.2 Å². The third-order valence-electron chi connectivity index (χ3n) is 4.10. The Labute approximate surface area is 124 Å². The molecule has 0 saturated carbocycles. The molecule has 0 bridgehead atoms. The molecule has 0 spiro atoms. The number of rotatable bonds is 3. The van der Waals surface area contributed by atoms with Gasteiger partial charge in [0.1, 0.15) is 0 Å². The minimum absolute atomic E-state index is 0.442. The average Bonchev–Trinajstić information content (AvgIpc) is 2.90. The van der Waals surface area contributed by atoms with Gasteiger partial charge in [0.25, 0.3) is 0 Å². The fourth-order valence-electron chi connectivity index (χ4n) is 2.99. The molecule has 0 aliphatic heterocycles. The summed E-state index contributed by atoms with van der Waals surface area (Å²) < 4.78 is 2.31. The van der Waals surface area contributed by atoms with E-state index < -0.39 is 5.97 Å². The minimum atomic E-state index is -0.905. The van der Waals surface area contributed by atoms with E-state index in [2.05, 4.69) is 41.1 Å². The van der Waals surface area contributed by atoms with E-state index in [9.17, 15) is 4.79 Å². The number of carboxylic acid groups (broad SMARTS) is 1. The van der Waals surface area contributed by atoms with Crippen LogP contribution < -0.4 is 0 Å². The number of fused-ring (bicyclic) bond motifs is 1. The van der Waals surface area contributed by atoms with Crippen molar-refractivity contribution in [1.29, 1.82) is 0 Å². The second-order valence-electron chi connectivity index (χ2n) is 5.59. The van der Waals surface area contributed by atoms with Gasteiger partial charge in [-0.15, -0.1) is 0 Å². The third-order valence-corrected chi connectivity index (χ3v) is 4.10. The largest absolute Gasteiger partial charge is 0.478 e. The molecule has 1 unspecified atom stereocenters. The highest BCUT2D eigenvalue weighted by Crippen LogP contribution is 2.29. The van der Waals surface area contributed by atoms with E-state index in [1.54, 1.807) is 0 Å². The lowest BCUT2D eigenvalue weighted by atomic mass is 10.0. The molecule has 108 valence electrons. The highest BCUT2D eigenvalue weighted by Gasteiger charge is 2.13. The van der Waals surface area contributed by atoms with Crippen molar-refractivity contribution in [2.45, 2.75) is 32.2 Å². The van der Waals surface area contributed by atoms with Crippen LogP contribution in [0.5, 0.6) is 0 Å². The summed E-state index contributed by atoms with van der Waals surface area (Å²) in [6.07, 6.45) is 11.5. The monoisotopic (exact) mass is 281 g/mol. The van der Waals surface area contributed by atoms with Crippen LogP contribution >= 0.6 is 0 Å². The number of carboxylic acids is 1. The van der Waals surface area contributed by atoms with Crippen molar-refractivity contribution in [3.05, 3.63) is 54.3 Å². The van der Waals surface area contributed by atoms with Gasteiger partial charge in [-0.1, -0.05) is 18.2 Å². The van der Waals surface area contributed by atoms with Gasteiger partial charge in [-0.05, 0) is 55.5 Å². The van der Waals surface area contributed by atoms with Crippen LogP contribution in [0.3, 0.4) is 0 Å². The van der Waals surface area contributed by atoms with Gasteiger partial charge in [0.05, 0.1) is 6.04 Å². The van der Waals surface area contributed by atoms with Gasteiger partial charge in [-0.25, -0.2) is 4.79 Å². The van der Waals surface area contributed by atoms with Crippen molar-refractivity contribution >= 4 is 22.4 Å². The summed E-state index contributed by atoms with van der Waals surface area (Å²) >= 11 is 0. The molecule has 0 amide bonds. The topological polar surface area (TPSA) is 42.2 Å². The lowest BCUT2D eigenvalue weighted by Gasteiger charge is -2.19. The standard InChI is InChI=1S/C18H19NO2/c1-13(11-18(20)21)14-7-8-17-15(12-14)9-10-19(17)16-5-3-2-4-6-16/h3,5,7-12,16H,2,4,6H2,1H3,(H,20,21)/b13-11+. The van der Waals surface area contributed by atoms with E-state index in [0.717, 1.165) is 16.5 Å². The maximum absolute atomic E-state index is 10.8. The number of aromatic nitrogens is 1. The third kappa shape index (κ3) is 2.77. The Hall–Kier alpha value is -2.29. The van der Waals surface area contributed by atoms with Crippen LogP contribution in [0.1, 0.15) is 37.8 Å². The molecular formula is C18H19NO2.